The highest BCUT2D eigenvalue weighted by Gasteiger charge is 2.09. The monoisotopic (exact) mass is 409 g/mol. The van der Waals surface area contributed by atoms with Crippen molar-refractivity contribution in [2.24, 2.45) is 0 Å². The Kier molecular flexibility index (Phi) is 5.70. The summed E-state index contributed by atoms with van der Waals surface area (Å²) in [5.41, 5.74) is 1.33. The Balaban J connectivity index is 1.86. The number of carbonyl (C=O) groups excluding carboxylic acids is 2. The number of Topliss-reactive ketones (excluding diaryl/α,β-unsaturated/α-hetero) is 1. The maximum atomic E-state index is 12.0. The molecule has 0 saturated carbocycles. The number of hydrogen-bond donors (Lipinski definition) is 1. The predicted octanol–water partition coefficient (Wildman–Crippen LogP) is 4.81. The molecule has 0 radical (unpaired) electrons. The molecule has 0 aliphatic heterocycles. The van der Waals surface area contributed by atoms with E-state index in [1.54, 1.807) is 18.2 Å². The van der Waals surface area contributed by atoms with Crippen LogP contribution in [0.3, 0.4) is 0 Å². The molecule has 2 aromatic carbocycles. The Labute approximate surface area is 140 Å². The van der Waals surface area contributed by atoms with E-state index >= 15 is 0 Å². The molecule has 0 aromatic heterocycles. The van der Waals surface area contributed by atoms with Crippen LogP contribution in [0.25, 0.3) is 0 Å². The molecule has 0 aliphatic carbocycles. The fourth-order valence-electron chi connectivity index (χ4n) is 1.80. The van der Waals surface area contributed by atoms with Gasteiger partial charge in [0.2, 0.25) is 5.91 Å². The van der Waals surface area contributed by atoms with E-state index in [0.29, 0.717) is 11.3 Å². The first-order valence-corrected chi connectivity index (χ1v) is 7.97. The molecule has 0 bridgehead atoms. The molecule has 3 nitrogen and oxygen atoms in total. The summed E-state index contributed by atoms with van der Waals surface area (Å²) in [4.78, 5) is 23.8. The van der Waals surface area contributed by atoms with Gasteiger partial charge in [-0.25, -0.2) is 0 Å². The Morgan fingerprint density at radius 3 is 2.29 bits per heavy atom. The van der Waals surface area contributed by atoms with Gasteiger partial charge in [0.1, 0.15) is 0 Å². The van der Waals surface area contributed by atoms with E-state index < -0.39 is 0 Å². The number of benzene rings is 2. The van der Waals surface area contributed by atoms with Crippen molar-refractivity contribution >= 4 is 49.2 Å². The van der Waals surface area contributed by atoms with Gasteiger partial charge in [0.05, 0.1) is 0 Å². The zero-order valence-corrected chi connectivity index (χ0v) is 14.3. The van der Waals surface area contributed by atoms with Crippen LogP contribution in [0.4, 0.5) is 5.69 Å². The van der Waals surface area contributed by atoms with Crippen molar-refractivity contribution in [3.8, 4) is 0 Å². The van der Waals surface area contributed by atoms with Gasteiger partial charge in [-0.2, -0.15) is 0 Å². The standard InChI is InChI=1S/C16H13Br2NO2/c17-12-6-4-11(5-7-12)15(20)8-9-16(21)19-14-3-1-2-13(18)10-14/h1-7,10H,8-9H2,(H,19,21). The van der Waals surface area contributed by atoms with Crippen LogP contribution < -0.4 is 5.32 Å². The fraction of sp³-hybridized carbons (Fsp3) is 0.125. The highest BCUT2D eigenvalue weighted by Crippen LogP contribution is 2.16. The van der Waals surface area contributed by atoms with Crippen molar-refractivity contribution in [2.45, 2.75) is 12.8 Å². The largest absolute Gasteiger partial charge is 0.326 e. The van der Waals surface area contributed by atoms with E-state index in [4.69, 9.17) is 0 Å². The minimum Gasteiger partial charge on any atom is -0.326 e. The number of hydrogen-bond acceptors (Lipinski definition) is 2. The normalized spacial score (nSPS) is 10.2. The Hall–Kier alpha value is -1.46. The summed E-state index contributed by atoms with van der Waals surface area (Å²) >= 11 is 6.66. The third-order valence-corrected chi connectivity index (χ3v) is 3.88. The molecule has 1 amide bonds. The van der Waals surface area contributed by atoms with Crippen LogP contribution in [0, 0.1) is 0 Å². The molecule has 0 saturated heterocycles. The molecule has 1 N–H and O–H groups in total. The molecule has 0 fully saturated rings. The second-order valence-corrected chi connectivity index (χ2v) is 6.32. The molecule has 0 unspecified atom stereocenters. The molecule has 2 aromatic rings. The van der Waals surface area contributed by atoms with Crippen LogP contribution in [-0.2, 0) is 4.79 Å². The van der Waals surface area contributed by atoms with E-state index in [-0.39, 0.29) is 24.5 Å². The topological polar surface area (TPSA) is 46.2 Å². The SMILES string of the molecule is O=C(CCC(=O)c1ccc(Br)cc1)Nc1cccc(Br)c1. The third kappa shape index (κ3) is 5.10. The van der Waals surface area contributed by atoms with Gasteiger partial charge < -0.3 is 5.32 Å². The summed E-state index contributed by atoms with van der Waals surface area (Å²) in [6.07, 6.45) is 0.364. The summed E-state index contributed by atoms with van der Waals surface area (Å²) in [5.74, 6) is -0.203. The number of amides is 1. The van der Waals surface area contributed by atoms with Gasteiger partial charge in [0.15, 0.2) is 5.78 Å². The van der Waals surface area contributed by atoms with Gasteiger partial charge in [-0.1, -0.05) is 50.1 Å². The van der Waals surface area contributed by atoms with E-state index in [2.05, 4.69) is 37.2 Å². The number of halogens is 2. The molecule has 0 atom stereocenters. The Morgan fingerprint density at radius 2 is 1.62 bits per heavy atom. The molecule has 5 heteroatoms. The third-order valence-electron chi connectivity index (χ3n) is 2.85. The minimum absolute atomic E-state index is 0.0353. The maximum Gasteiger partial charge on any atom is 0.224 e. The summed E-state index contributed by atoms with van der Waals surface area (Å²) in [6, 6.07) is 14.5. The van der Waals surface area contributed by atoms with Crippen LogP contribution >= 0.6 is 31.9 Å². The molecule has 21 heavy (non-hydrogen) atoms. The minimum atomic E-state index is -0.168. The average molecular weight is 411 g/mol. The van der Waals surface area contributed by atoms with E-state index in [0.717, 1.165) is 8.95 Å². The average Bonchev–Trinajstić information content (AvgIpc) is 2.45. The number of nitrogens with one attached hydrogen (secondary N) is 1. The summed E-state index contributed by atoms with van der Waals surface area (Å²) < 4.78 is 1.82. The number of anilines is 1. The second kappa shape index (κ2) is 7.52. The number of rotatable bonds is 5. The van der Waals surface area contributed by atoms with Crippen molar-refractivity contribution in [2.75, 3.05) is 5.32 Å². The summed E-state index contributed by atoms with van der Waals surface area (Å²) in [5, 5.41) is 2.77. The highest BCUT2D eigenvalue weighted by molar-refractivity contribution is 9.10. The van der Waals surface area contributed by atoms with Gasteiger partial charge in [-0.3, -0.25) is 9.59 Å². The number of carbonyl (C=O) groups is 2. The molecule has 108 valence electrons. The van der Waals surface area contributed by atoms with Crippen LogP contribution in [0.15, 0.2) is 57.5 Å². The van der Waals surface area contributed by atoms with Crippen molar-refractivity contribution in [1.82, 2.24) is 0 Å². The van der Waals surface area contributed by atoms with Gasteiger partial charge >= 0.3 is 0 Å². The Morgan fingerprint density at radius 1 is 0.905 bits per heavy atom. The maximum absolute atomic E-state index is 12.0. The Bertz CT molecular complexity index is 654. The van der Waals surface area contributed by atoms with Crippen LogP contribution in [0.2, 0.25) is 0 Å². The van der Waals surface area contributed by atoms with Gasteiger partial charge in [0.25, 0.3) is 0 Å². The van der Waals surface area contributed by atoms with Crippen LogP contribution in [0.5, 0.6) is 0 Å². The summed E-state index contributed by atoms with van der Waals surface area (Å²) in [7, 11) is 0. The fourth-order valence-corrected chi connectivity index (χ4v) is 2.46. The van der Waals surface area contributed by atoms with Crippen LogP contribution in [-0.4, -0.2) is 11.7 Å². The lowest BCUT2D eigenvalue weighted by Gasteiger charge is -2.05. The van der Waals surface area contributed by atoms with Crippen molar-refractivity contribution in [3.05, 3.63) is 63.0 Å². The first-order valence-electron chi connectivity index (χ1n) is 6.39. The predicted molar refractivity (Wildman–Crippen MR) is 90.5 cm³/mol. The zero-order valence-electron chi connectivity index (χ0n) is 11.1. The molecular weight excluding hydrogens is 398 g/mol. The summed E-state index contributed by atoms with van der Waals surface area (Å²) in [6.45, 7) is 0. The number of ketones is 1. The molecular formula is C16H13Br2NO2. The quantitative estimate of drug-likeness (QED) is 0.718. The van der Waals surface area contributed by atoms with E-state index in [1.807, 2.05) is 30.3 Å². The second-order valence-electron chi connectivity index (χ2n) is 4.49. The lowest BCUT2D eigenvalue weighted by Crippen LogP contribution is -2.13. The first kappa shape index (κ1) is 15.9. The van der Waals surface area contributed by atoms with Crippen LogP contribution in [0.1, 0.15) is 23.2 Å². The smallest absolute Gasteiger partial charge is 0.224 e. The first-order chi connectivity index (χ1) is 10.0. The zero-order chi connectivity index (χ0) is 15.2. The lowest BCUT2D eigenvalue weighted by molar-refractivity contribution is -0.116. The van der Waals surface area contributed by atoms with Gasteiger partial charge in [-0.15, -0.1) is 0 Å². The van der Waals surface area contributed by atoms with Crippen molar-refractivity contribution in [3.63, 3.8) is 0 Å². The lowest BCUT2D eigenvalue weighted by atomic mass is 10.1. The van der Waals surface area contributed by atoms with Crippen molar-refractivity contribution in [1.29, 1.82) is 0 Å². The van der Waals surface area contributed by atoms with Crippen molar-refractivity contribution < 1.29 is 9.59 Å². The molecule has 0 heterocycles. The van der Waals surface area contributed by atoms with E-state index in [1.165, 1.54) is 0 Å². The van der Waals surface area contributed by atoms with E-state index in [9.17, 15) is 9.59 Å². The molecule has 0 spiro atoms. The molecule has 2 rings (SSSR count). The molecule has 0 aliphatic rings. The van der Waals surface area contributed by atoms with Gasteiger partial charge in [-0.05, 0) is 30.3 Å². The van der Waals surface area contributed by atoms with Gasteiger partial charge in [0, 0.05) is 33.0 Å². The highest BCUT2D eigenvalue weighted by atomic mass is 79.9.